The molecule has 5 heteroatoms. The molecule has 28 heavy (non-hydrogen) atoms. The molecule has 1 heterocycles. The molecule has 1 atom stereocenters. The largest absolute Gasteiger partial charge is 0.351 e. The average molecular weight is 378 g/mol. The zero-order valence-corrected chi connectivity index (χ0v) is 16.6. The molecule has 0 saturated carbocycles. The summed E-state index contributed by atoms with van der Waals surface area (Å²) in [4.78, 5) is 38.5. The first-order chi connectivity index (χ1) is 13.3. The van der Waals surface area contributed by atoms with E-state index in [-0.39, 0.29) is 11.3 Å². The molecule has 146 valence electrons. The lowest BCUT2D eigenvalue weighted by Crippen LogP contribution is -2.26. The van der Waals surface area contributed by atoms with Crippen molar-refractivity contribution < 1.29 is 9.59 Å². The molecule has 5 nitrogen and oxygen atoms in total. The van der Waals surface area contributed by atoms with E-state index in [1.165, 1.54) is 6.07 Å². The van der Waals surface area contributed by atoms with Crippen LogP contribution in [0.5, 0.6) is 0 Å². The van der Waals surface area contributed by atoms with Gasteiger partial charge in [0.2, 0.25) is 5.56 Å². The van der Waals surface area contributed by atoms with Crippen LogP contribution in [0.15, 0.2) is 59.2 Å². The number of allylic oxidation sites excluding steroid dienone is 5. The topological polar surface area (TPSA) is 79.0 Å². The van der Waals surface area contributed by atoms with Crippen LogP contribution >= 0.6 is 0 Å². The number of Topliss-reactive ketones (excluding diaryl/α,β-unsaturated/α-hetero) is 1. The minimum atomic E-state index is -0.303. The molecular weight excluding hydrogens is 352 g/mol. The number of ketones is 1. The van der Waals surface area contributed by atoms with E-state index in [4.69, 9.17) is 0 Å². The highest BCUT2D eigenvalue weighted by Crippen LogP contribution is 2.35. The van der Waals surface area contributed by atoms with Crippen molar-refractivity contribution in [3.63, 3.8) is 0 Å². The fourth-order valence-electron chi connectivity index (χ4n) is 3.34. The Balaban J connectivity index is 2.48. The average Bonchev–Trinajstić information content (AvgIpc) is 2.65. The van der Waals surface area contributed by atoms with Crippen molar-refractivity contribution in [3.8, 4) is 0 Å². The van der Waals surface area contributed by atoms with Crippen LogP contribution in [0.4, 0.5) is 0 Å². The van der Waals surface area contributed by atoms with Crippen molar-refractivity contribution in [1.29, 1.82) is 0 Å². The number of aryl methyl sites for hydroxylation is 1. The second-order valence-corrected chi connectivity index (χ2v) is 7.06. The number of pyridine rings is 1. The first-order valence-corrected chi connectivity index (χ1v) is 9.29. The van der Waals surface area contributed by atoms with Crippen LogP contribution in [0.1, 0.15) is 54.7 Å². The molecule has 2 rings (SSSR count). The summed E-state index contributed by atoms with van der Waals surface area (Å²) in [5.74, 6) is 1.90. The van der Waals surface area contributed by atoms with Crippen molar-refractivity contribution in [1.82, 2.24) is 10.3 Å². The predicted molar refractivity (Wildman–Crippen MR) is 113 cm³/mol. The van der Waals surface area contributed by atoms with E-state index in [1.54, 1.807) is 12.9 Å². The van der Waals surface area contributed by atoms with Crippen LogP contribution in [0.3, 0.4) is 0 Å². The Morgan fingerprint density at radius 2 is 2.11 bits per heavy atom. The Bertz CT molecular complexity index is 986. The van der Waals surface area contributed by atoms with Crippen molar-refractivity contribution in [2.45, 2.75) is 40.0 Å². The van der Waals surface area contributed by atoms with Gasteiger partial charge in [-0.1, -0.05) is 25.7 Å². The summed E-state index contributed by atoms with van der Waals surface area (Å²) in [7, 11) is 0. The zero-order valence-electron chi connectivity index (χ0n) is 16.6. The maximum Gasteiger partial charge on any atom is 0.248 e. The van der Waals surface area contributed by atoms with Gasteiger partial charge in [-0.25, -0.2) is 4.79 Å². The molecule has 0 spiro atoms. The van der Waals surface area contributed by atoms with Gasteiger partial charge >= 0.3 is 0 Å². The van der Waals surface area contributed by atoms with Gasteiger partial charge in [0.05, 0.1) is 17.6 Å². The molecule has 0 saturated heterocycles. The molecule has 1 aromatic heterocycles. The first kappa shape index (κ1) is 21.1. The Hall–Kier alpha value is -3.17. The highest BCUT2D eigenvalue weighted by Gasteiger charge is 2.31. The van der Waals surface area contributed by atoms with E-state index in [9.17, 15) is 14.4 Å². The van der Waals surface area contributed by atoms with Gasteiger partial charge in [0.25, 0.3) is 0 Å². The molecular formula is C23H26N2O3. The lowest BCUT2D eigenvalue weighted by Gasteiger charge is -2.25. The van der Waals surface area contributed by atoms with Gasteiger partial charge in [-0.15, -0.1) is 6.58 Å². The maximum absolute atomic E-state index is 13.3. The maximum atomic E-state index is 13.3. The van der Waals surface area contributed by atoms with E-state index < -0.39 is 0 Å². The summed E-state index contributed by atoms with van der Waals surface area (Å²) in [6, 6.07) is 1.40. The Morgan fingerprint density at radius 3 is 2.75 bits per heavy atom. The minimum absolute atomic E-state index is 0.203. The van der Waals surface area contributed by atoms with Crippen LogP contribution in [0.25, 0.3) is 5.57 Å². The van der Waals surface area contributed by atoms with Crippen LogP contribution in [0, 0.1) is 12.8 Å². The van der Waals surface area contributed by atoms with Crippen molar-refractivity contribution in [3.05, 3.63) is 81.6 Å². The third-order valence-electron chi connectivity index (χ3n) is 4.93. The highest BCUT2D eigenvalue weighted by atomic mass is 16.1. The molecule has 0 bridgehead atoms. The normalized spacial score (nSPS) is 15.0. The summed E-state index contributed by atoms with van der Waals surface area (Å²) in [5, 5.41) is 2.81. The number of carbonyl (C=O) groups excluding carboxylic acids is 2. The molecule has 0 aromatic carbocycles. The predicted octanol–water partition coefficient (Wildman–Crippen LogP) is 4.02. The van der Waals surface area contributed by atoms with E-state index in [0.717, 1.165) is 31.0 Å². The number of aromatic amines is 1. The molecule has 0 aliphatic heterocycles. The fraction of sp³-hybridized carbons (Fsp3) is 0.304. The fourth-order valence-corrected chi connectivity index (χ4v) is 3.34. The molecule has 0 fully saturated rings. The van der Waals surface area contributed by atoms with Gasteiger partial charge < -0.3 is 10.3 Å². The number of fused-ring (bicyclic) bond motifs is 1. The van der Waals surface area contributed by atoms with Gasteiger partial charge in [-0.2, -0.15) is 0 Å². The van der Waals surface area contributed by atoms with E-state index >= 15 is 0 Å². The summed E-state index contributed by atoms with van der Waals surface area (Å²) >= 11 is 0. The Morgan fingerprint density at radius 1 is 1.39 bits per heavy atom. The molecule has 1 aromatic rings. The van der Waals surface area contributed by atoms with Crippen LogP contribution in [-0.2, 0) is 4.79 Å². The third kappa shape index (κ3) is 4.38. The monoisotopic (exact) mass is 378 g/mol. The van der Waals surface area contributed by atoms with Gasteiger partial charge in [0, 0.05) is 22.8 Å². The number of hydrogen-bond donors (Lipinski definition) is 2. The molecule has 0 amide bonds. The molecule has 1 aliphatic rings. The number of hydrogen-bond acceptors (Lipinski definition) is 4. The summed E-state index contributed by atoms with van der Waals surface area (Å²) < 4.78 is 0. The minimum Gasteiger partial charge on any atom is -0.351 e. The summed E-state index contributed by atoms with van der Waals surface area (Å²) in [6.07, 6.45) is 7.87. The number of carbonyl (C=O) groups is 1. The molecule has 0 radical (unpaired) electrons. The van der Waals surface area contributed by atoms with Crippen molar-refractivity contribution in [2.75, 3.05) is 0 Å². The third-order valence-corrected chi connectivity index (χ3v) is 4.93. The quantitative estimate of drug-likeness (QED) is 0.407. The Kier molecular flexibility index (Phi) is 6.91. The second kappa shape index (κ2) is 9.16. The molecule has 0 unspecified atom stereocenters. The van der Waals surface area contributed by atoms with E-state index in [0.29, 0.717) is 39.6 Å². The van der Waals surface area contributed by atoms with Crippen LogP contribution < -0.4 is 10.9 Å². The summed E-state index contributed by atoms with van der Waals surface area (Å²) in [5.41, 5.74) is 3.25. The molecule has 2 N–H and O–H groups in total. The van der Waals surface area contributed by atoms with E-state index in [2.05, 4.69) is 30.4 Å². The summed E-state index contributed by atoms with van der Waals surface area (Å²) in [6.45, 7) is 13.6. The number of aromatic nitrogens is 1. The van der Waals surface area contributed by atoms with Gasteiger partial charge in [-0.05, 0) is 50.2 Å². The van der Waals surface area contributed by atoms with Gasteiger partial charge in [0.15, 0.2) is 5.78 Å². The van der Waals surface area contributed by atoms with Crippen molar-refractivity contribution >= 4 is 17.3 Å². The molecule has 1 aliphatic carbocycles. The zero-order chi connectivity index (χ0) is 20.8. The van der Waals surface area contributed by atoms with E-state index in [1.807, 2.05) is 19.1 Å². The highest BCUT2D eigenvalue weighted by molar-refractivity contribution is 6.19. The number of nitrogens with one attached hydrogen (secondary N) is 2. The lowest BCUT2D eigenvalue weighted by atomic mass is 9.83. The first-order valence-electron chi connectivity index (χ1n) is 9.29. The Labute approximate surface area is 165 Å². The van der Waals surface area contributed by atoms with Crippen LogP contribution in [0.2, 0.25) is 0 Å². The van der Waals surface area contributed by atoms with Crippen LogP contribution in [-0.4, -0.2) is 16.7 Å². The van der Waals surface area contributed by atoms with Crippen molar-refractivity contribution in [2.24, 2.45) is 5.92 Å². The number of rotatable bonds is 8. The van der Waals surface area contributed by atoms with Gasteiger partial charge in [-0.3, -0.25) is 9.59 Å². The van der Waals surface area contributed by atoms with Gasteiger partial charge in [0.1, 0.15) is 5.94 Å². The SMILES string of the molecule is C=C[C@H](C)CCC/C=C(/C)C1=C(NC=C=O)C(=C)c2[nH]c(=O)cc(C)c2C1=O. The standard InChI is InChI=1S/C23H26N2O3/c1-6-14(2)9-7-8-10-15(3)19-21(24-11-12-26)17(5)22-20(23(19)28)16(4)13-18(27)25-22/h6,10-11,13-14,24H,1,5,7-9H2,2-4H3,(H,25,27)/b15-10-/t14-/m0/s1. The lowest BCUT2D eigenvalue weighted by molar-refractivity contribution is 0.103. The number of unbranched alkanes of at least 4 members (excludes halogenated alkanes) is 1. The number of H-pyrrole nitrogens is 1. The second-order valence-electron chi connectivity index (χ2n) is 7.06. The smallest absolute Gasteiger partial charge is 0.248 e.